The molecule has 3 fully saturated rings. The number of nitrogens with one attached hydrogen (secondary N) is 2. The molecule has 2 atom stereocenters. The summed E-state index contributed by atoms with van der Waals surface area (Å²) < 4.78 is 9.36. The number of fused-ring (bicyclic) bond motifs is 3. The van der Waals surface area contributed by atoms with Crippen LogP contribution in [0.5, 0.6) is 5.75 Å². The van der Waals surface area contributed by atoms with Gasteiger partial charge in [-0.15, -0.1) is 5.10 Å². The highest BCUT2D eigenvalue weighted by Gasteiger charge is 2.50. The van der Waals surface area contributed by atoms with Crippen LogP contribution < -0.4 is 20.3 Å². The van der Waals surface area contributed by atoms with Gasteiger partial charge in [0.25, 0.3) is 0 Å². The lowest BCUT2D eigenvalue weighted by atomic mass is 9.75. The van der Waals surface area contributed by atoms with Crippen molar-refractivity contribution in [2.24, 2.45) is 5.92 Å². The molecular weight excluding hydrogens is 723 g/mol. The molecule has 2 saturated heterocycles. The van der Waals surface area contributed by atoms with E-state index in [4.69, 9.17) is 4.74 Å². The van der Waals surface area contributed by atoms with Gasteiger partial charge in [0.1, 0.15) is 35.6 Å². The number of nitriles is 2. The molecule has 1 aliphatic carbocycles. The zero-order valence-electron chi connectivity index (χ0n) is 31.8. The van der Waals surface area contributed by atoms with E-state index in [1.165, 1.54) is 12.6 Å². The van der Waals surface area contributed by atoms with Crippen LogP contribution in [0.2, 0.25) is 0 Å². The number of hydrogen-bond donors (Lipinski definition) is 2. The molecule has 0 unspecified atom stereocenters. The Bertz CT molecular complexity index is 2430. The maximum atomic E-state index is 12.8. The maximum absolute atomic E-state index is 12.8. The fraction of sp³-hybridized carbons (Fsp3) is 0.439. The molecule has 5 aromatic rings. The van der Waals surface area contributed by atoms with Crippen molar-refractivity contribution in [3.63, 3.8) is 0 Å². The lowest BCUT2D eigenvalue weighted by Gasteiger charge is -2.37. The standard InChI is InChI=1S/C41H43N13O3/c1-26(19-42)47-33-18-37(54-39-30(22-46-54)16-28(20-43)21-45-39)44-23-35(33)53-24-34(49-50-53)29-4-2-27(3-5-29)9-11-51-12-14-52(15-13-51)31-6-7-32-36(17-31)57-25-41(32)10-8-38(55)48-40(41)56/h6-7,16-18,21-24,26-27,29H,2-5,8-15,25H2,1H3,(H,44,47)(H,48,55,56)/t26-,27?,29?,41+/m1/s1. The molecule has 1 aromatic carbocycles. The average Bonchev–Trinajstić information content (AvgIpc) is 4.00. The Labute approximate surface area is 329 Å². The first-order chi connectivity index (χ1) is 27.8. The van der Waals surface area contributed by atoms with Crippen molar-refractivity contribution in [1.82, 2.24) is 45.0 Å². The molecule has 1 saturated carbocycles. The predicted octanol–water partition coefficient (Wildman–Crippen LogP) is 4.14. The fourth-order valence-electron chi connectivity index (χ4n) is 8.83. The number of nitrogens with zero attached hydrogens (tertiary/aromatic N) is 11. The highest BCUT2D eigenvalue weighted by Crippen LogP contribution is 2.45. The summed E-state index contributed by atoms with van der Waals surface area (Å²) in [6, 6.07) is 13.6. The number of aromatic nitrogens is 7. The zero-order chi connectivity index (χ0) is 39.1. The third-order valence-electron chi connectivity index (χ3n) is 12.2. The zero-order valence-corrected chi connectivity index (χ0v) is 31.8. The number of rotatable bonds is 9. The quantitative estimate of drug-likeness (QED) is 0.203. The third-order valence-corrected chi connectivity index (χ3v) is 12.2. The molecule has 1 spiro atoms. The van der Waals surface area contributed by atoms with Crippen LogP contribution in [0.1, 0.15) is 74.6 Å². The smallest absolute Gasteiger partial charge is 0.240 e. The van der Waals surface area contributed by atoms with Crippen molar-refractivity contribution in [3.8, 4) is 29.4 Å². The van der Waals surface area contributed by atoms with Gasteiger partial charge in [0.05, 0.1) is 41.6 Å². The molecule has 3 aliphatic heterocycles. The highest BCUT2D eigenvalue weighted by atomic mass is 16.5. The SMILES string of the molecule is C[C@H](C#N)Nc1cc(-n2ncc3cc(C#N)cnc32)ncc1-n1cc(C2CCC(CCN3CCN(c4ccc5c(c4)OC[C@@]54CCC(=O)NC4=O)CC3)CC2)nn1. The third kappa shape index (κ3) is 6.91. The average molecular weight is 766 g/mol. The molecule has 57 heavy (non-hydrogen) atoms. The van der Waals surface area contributed by atoms with Gasteiger partial charge in [-0.1, -0.05) is 11.3 Å². The summed E-state index contributed by atoms with van der Waals surface area (Å²) in [5.74, 6) is 1.83. The Morgan fingerprint density at radius 1 is 1.04 bits per heavy atom. The number of amides is 2. The van der Waals surface area contributed by atoms with Crippen LogP contribution in [0.25, 0.3) is 22.5 Å². The number of benzene rings is 1. The summed E-state index contributed by atoms with van der Waals surface area (Å²) in [5.41, 5.74) is 4.58. The summed E-state index contributed by atoms with van der Waals surface area (Å²) in [7, 11) is 0. The second-order valence-corrected chi connectivity index (χ2v) is 15.7. The van der Waals surface area contributed by atoms with E-state index in [1.807, 2.05) is 18.3 Å². The summed E-state index contributed by atoms with van der Waals surface area (Å²) in [6.45, 7) is 7.05. The van der Waals surface area contributed by atoms with Crippen LogP contribution in [-0.4, -0.2) is 96.8 Å². The van der Waals surface area contributed by atoms with E-state index < -0.39 is 11.5 Å². The Hall–Kier alpha value is -6.39. The van der Waals surface area contributed by atoms with Crippen molar-refractivity contribution < 1.29 is 14.3 Å². The van der Waals surface area contributed by atoms with Crippen molar-refractivity contribution in [3.05, 3.63) is 71.9 Å². The van der Waals surface area contributed by atoms with Gasteiger partial charge in [-0.05, 0) is 70.0 Å². The molecule has 290 valence electrons. The van der Waals surface area contributed by atoms with Crippen molar-refractivity contribution in [2.75, 3.05) is 49.5 Å². The first-order valence-corrected chi connectivity index (χ1v) is 19.7. The molecular formula is C41H43N13O3. The minimum absolute atomic E-state index is 0.213. The molecule has 0 radical (unpaired) electrons. The van der Waals surface area contributed by atoms with Crippen molar-refractivity contribution in [2.45, 2.75) is 69.2 Å². The molecule has 9 rings (SSSR count). The predicted molar refractivity (Wildman–Crippen MR) is 209 cm³/mol. The van der Waals surface area contributed by atoms with E-state index in [-0.39, 0.29) is 18.4 Å². The van der Waals surface area contributed by atoms with Crippen molar-refractivity contribution in [1.29, 1.82) is 10.5 Å². The van der Waals surface area contributed by atoms with Gasteiger partial charge in [-0.2, -0.15) is 20.3 Å². The van der Waals surface area contributed by atoms with E-state index in [0.717, 1.165) is 86.5 Å². The number of pyridine rings is 2. The van der Waals surface area contributed by atoms with Crippen LogP contribution >= 0.6 is 0 Å². The number of ether oxygens (including phenoxy) is 1. The number of piperazine rings is 1. The molecule has 2 amide bonds. The number of piperidine rings is 1. The summed E-state index contributed by atoms with van der Waals surface area (Å²) in [5, 5.41) is 38.9. The van der Waals surface area contributed by atoms with Gasteiger partial charge in [0.2, 0.25) is 11.8 Å². The monoisotopic (exact) mass is 765 g/mol. The van der Waals surface area contributed by atoms with Crippen molar-refractivity contribution >= 4 is 34.2 Å². The van der Waals surface area contributed by atoms with Gasteiger partial charge < -0.3 is 15.0 Å². The number of hydrogen-bond acceptors (Lipinski definition) is 13. The number of carbonyl (C=O) groups is 2. The molecule has 16 nitrogen and oxygen atoms in total. The molecule has 4 aliphatic rings. The Morgan fingerprint density at radius 2 is 1.88 bits per heavy atom. The fourth-order valence-corrected chi connectivity index (χ4v) is 8.83. The summed E-state index contributed by atoms with van der Waals surface area (Å²) in [4.78, 5) is 38.6. The first kappa shape index (κ1) is 36.3. The minimum Gasteiger partial charge on any atom is -0.492 e. The number of anilines is 2. The Balaban J connectivity index is 0.782. The Kier molecular flexibility index (Phi) is 9.50. The van der Waals surface area contributed by atoms with Crippen LogP contribution in [-0.2, 0) is 15.0 Å². The number of imide groups is 1. The van der Waals surface area contributed by atoms with Crippen LogP contribution in [0.15, 0.2) is 55.1 Å². The molecule has 7 heterocycles. The van der Waals surface area contributed by atoms with Crippen LogP contribution in [0.3, 0.4) is 0 Å². The summed E-state index contributed by atoms with van der Waals surface area (Å²) in [6.07, 6.45) is 13.3. The largest absolute Gasteiger partial charge is 0.492 e. The highest BCUT2D eigenvalue weighted by molar-refractivity contribution is 6.04. The normalized spacial score (nSPS) is 22.8. The van der Waals surface area contributed by atoms with Crippen LogP contribution in [0.4, 0.5) is 11.4 Å². The molecule has 16 heteroatoms. The van der Waals surface area contributed by atoms with Gasteiger partial charge in [-0.25, -0.2) is 14.6 Å². The Morgan fingerprint density at radius 3 is 2.67 bits per heavy atom. The molecule has 4 aromatic heterocycles. The van der Waals surface area contributed by atoms with E-state index in [1.54, 1.807) is 34.7 Å². The topological polar surface area (TPSA) is 196 Å². The van der Waals surface area contributed by atoms with Gasteiger partial charge in [-0.3, -0.25) is 19.8 Å². The minimum atomic E-state index is -0.758. The summed E-state index contributed by atoms with van der Waals surface area (Å²) >= 11 is 0. The van der Waals surface area contributed by atoms with E-state index >= 15 is 0 Å². The van der Waals surface area contributed by atoms with Gasteiger partial charge in [0, 0.05) is 73.5 Å². The van der Waals surface area contributed by atoms with E-state index in [2.05, 4.69) is 70.1 Å². The maximum Gasteiger partial charge on any atom is 0.240 e. The van der Waals surface area contributed by atoms with Crippen LogP contribution in [0, 0.1) is 28.6 Å². The van der Waals surface area contributed by atoms with E-state index in [9.17, 15) is 20.1 Å². The second kappa shape index (κ2) is 14.9. The van der Waals surface area contributed by atoms with Gasteiger partial charge >= 0.3 is 0 Å². The lowest BCUT2D eigenvalue weighted by Crippen LogP contribution is -2.52. The first-order valence-electron chi connectivity index (χ1n) is 19.7. The molecule has 0 bridgehead atoms. The lowest BCUT2D eigenvalue weighted by molar-refractivity contribution is -0.138. The second-order valence-electron chi connectivity index (χ2n) is 15.7. The van der Waals surface area contributed by atoms with Gasteiger partial charge in [0.15, 0.2) is 11.5 Å². The van der Waals surface area contributed by atoms with E-state index in [0.29, 0.717) is 53.1 Å². The number of carbonyl (C=O) groups excluding carboxylic acids is 2. The molecule has 2 N–H and O–H groups in total.